The van der Waals surface area contributed by atoms with Crippen LogP contribution in [-0.4, -0.2) is 5.11 Å². The Morgan fingerprint density at radius 1 is 1.57 bits per heavy atom. The molecule has 0 aliphatic heterocycles. The second-order valence-electron chi connectivity index (χ2n) is 3.77. The lowest BCUT2D eigenvalue weighted by Crippen LogP contribution is -1.89. The van der Waals surface area contributed by atoms with Gasteiger partial charge in [-0.15, -0.1) is 12.3 Å². The highest BCUT2D eigenvalue weighted by molar-refractivity contribution is 6.31. The van der Waals surface area contributed by atoms with Crippen LogP contribution in [0.4, 0.5) is 0 Å². The summed E-state index contributed by atoms with van der Waals surface area (Å²) in [6.45, 7) is 1.95. The average molecular weight is 207 g/mol. The zero-order valence-corrected chi connectivity index (χ0v) is 8.67. The average Bonchev–Trinajstić information content (AvgIpc) is 2.81. The molecular weight excluding hydrogens is 196 g/mol. The molecule has 1 N–H and O–H groups in total. The van der Waals surface area contributed by atoms with Crippen molar-refractivity contribution in [2.24, 2.45) is 5.92 Å². The molecular formula is C12H11ClO. The van der Waals surface area contributed by atoms with Gasteiger partial charge < -0.3 is 5.11 Å². The molecule has 0 aromatic heterocycles. The summed E-state index contributed by atoms with van der Waals surface area (Å²) in [6.07, 6.45) is 6.36. The summed E-state index contributed by atoms with van der Waals surface area (Å²) in [4.78, 5) is 0. The van der Waals surface area contributed by atoms with E-state index in [9.17, 15) is 5.11 Å². The van der Waals surface area contributed by atoms with Gasteiger partial charge in [-0.2, -0.15) is 0 Å². The molecule has 14 heavy (non-hydrogen) atoms. The van der Waals surface area contributed by atoms with Crippen molar-refractivity contribution in [3.63, 3.8) is 0 Å². The Morgan fingerprint density at radius 2 is 2.29 bits per heavy atom. The molecule has 0 saturated heterocycles. The van der Waals surface area contributed by atoms with E-state index >= 15 is 0 Å². The minimum absolute atomic E-state index is 0.217. The van der Waals surface area contributed by atoms with E-state index in [2.05, 4.69) is 5.92 Å². The third-order valence-electron chi connectivity index (χ3n) is 2.70. The maximum atomic E-state index is 9.32. The van der Waals surface area contributed by atoms with Crippen LogP contribution in [0, 0.1) is 25.2 Å². The van der Waals surface area contributed by atoms with Gasteiger partial charge >= 0.3 is 0 Å². The fourth-order valence-electron chi connectivity index (χ4n) is 1.90. The third kappa shape index (κ3) is 1.47. The summed E-state index contributed by atoms with van der Waals surface area (Å²) in [5, 5.41) is 9.95. The smallest absolute Gasteiger partial charge is 0.117 e. The first-order valence-electron chi connectivity index (χ1n) is 4.58. The molecule has 2 heteroatoms. The van der Waals surface area contributed by atoms with Gasteiger partial charge in [0.2, 0.25) is 0 Å². The van der Waals surface area contributed by atoms with Gasteiger partial charge in [-0.3, -0.25) is 0 Å². The van der Waals surface area contributed by atoms with Gasteiger partial charge in [0, 0.05) is 16.9 Å². The van der Waals surface area contributed by atoms with Gasteiger partial charge in [0.05, 0.1) is 0 Å². The van der Waals surface area contributed by atoms with E-state index in [-0.39, 0.29) is 5.75 Å². The molecule has 1 nitrogen and oxygen atoms in total. The van der Waals surface area contributed by atoms with Gasteiger partial charge in [0.25, 0.3) is 0 Å². The molecule has 1 aromatic rings. The van der Waals surface area contributed by atoms with Crippen molar-refractivity contribution >= 4 is 11.6 Å². The van der Waals surface area contributed by atoms with Crippen molar-refractivity contribution in [3.8, 4) is 18.1 Å². The van der Waals surface area contributed by atoms with E-state index in [1.807, 2.05) is 6.92 Å². The quantitative estimate of drug-likeness (QED) is 0.701. The molecule has 0 radical (unpaired) electrons. The predicted octanol–water partition coefficient (Wildman–Crippen LogP) is 3.09. The van der Waals surface area contributed by atoms with Crippen LogP contribution in [0.3, 0.4) is 0 Å². The van der Waals surface area contributed by atoms with Crippen LogP contribution in [0.2, 0.25) is 5.02 Å². The van der Waals surface area contributed by atoms with Gasteiger partial charge in [-0.1, -0.05) is 11.6 Å². The number of benzene rings is 1. The van der Waals surface area contributed by atoms with Crippen molar-refractivity contribution in [2.45, 2.75) is 19.3 Å². The maximum Gasteiger partial charge on any atom is 0.117 e. The SMILES string of the molecule is C#CC1CC1c1c(C)cc(O)cc1Cl. The highest BCUT2D eigenvalue weighted by atomic mass is 35.5. The molecule has 1 aliphatic carbocycles. The molecule has 1 aliphatic rings. The lowest BCUT2D eigenvalue weighted by molar-refractivity contribution is 0.474. The molecule has 1 fully saturated rings. The fraction of sp³-hybridized carbons (Fsp3) is 0.333. The van der Waals surface area contributed by atoms with Crippen molar-refractivity contribution in [1.29, 1.82) is 0 Å². The Labute approximate surface area is 88.7 Å². The standard InChI is InChI=1S/C12H11ClO/c1-3-8-5-10(8)12-7(2)4-9(14)6-11(12)13/h1,4,6,8,10,14H,5H2,2H3. The second kappa shape index (κ2) is 3.22. The van der Waals surface area contributed by atoms with E-state index in [0.29, 0.717) is 16.9 Å². The van der Waals surface area contributed by atoms with Crippen molar-refractivity contribution < 1.29 is 5.11 Å². The number of halogens is 1. The fourth-order valence-corrected chi connectivity index (χ4v) is 2.31. The van der Waals surface area contributed by atoms with Crippen LogP contribution < -0.4 is 0 Å². The number of hydrogen-bond donors (Lipinski definition) is 1. The van der Waals surface area contributed by atoms with Gasteiger partial charge in [-0.05, 0) is 36.6 Å². The molecule has 2 unspecified atom stereocenters. The monoisotopic (exact) mass is 206 g/mol. The Morgan fingerprint density at radius 3 is 2.79 bits per heavy atom. The molecule has 0 amide bonds. The Balaban J connectivity index is 2.40. The molecule has 72 valence electrons. The topological polar surface area (TPSA) is 20.2 Å². The predicted molar refractivity (Wildman–Crippen MR) is 57.5 cm³/mol. The maximum absolute atomic E-state index is 9.32. The lowest BCUT2D eigenvalue weighted by atomic mass is 10.0. The molecule has 2 atom stereocenters. The molecule has 0 heterocycles. The summed E-state index contributed by atoms with van der Waals surface area (Å²) < 4.78 is 0. The highest BCUT2D eigenvalue weighted by Gasteiger charge is 2.39. The zero-order chi connectivity index (χ0) is 10.3. The summed E-state index contributed by atoms with van der Waals surface area (Å²) in [6, 6.07) is 3.31. The Bertz CT molecular complexity index is 394. The summed E-state index contributed by atoms with van der Waals surface area (Å²) in [7, 11) is 0. The van der Waals surface area contributed by atoms with Gasteiger partial charge in [0.1, 0.15) is 5.75 Å². The molecule has 0 bridgehead atoms. The number of phenols is 1. The number of hydrogen-bond acceptors (Lipinski definition) is 1. The van der Waals surface area contributed by atoms with E-state index < -0.39 is 0 Å². The summed E-state index contributed by atoms with van der Waals surface area (Å²) in [5.74, 6) is 3.68. The van der Waals surface area contributed by atoms with Crippen molar-refractivity contribution in [3.05, 3.63) is 28.3 Å². The van der Waals surface area contributed by atoms with Crippen molar-refractivity contribution in [1.82, 2.24) is 0 Å². The van der Waals surface area contributed by atoms with E-state index in [1.54, 1.807) is 12.1 Å². The molecule has 2 rings (SSSR count). The van der Waals surface area contributed by atoms with Crippen LogP contribution in [0.15, 0.2) is 12.1 Å². The van der Waals surface area contributed by atoms with Crippen molar-refractivity contribution in [2.75, 3.05) is 0 Å². The number of rotatable bonds is 1. The Hall–Kier alpha value is -1.13. The van der Waals surface area contributed by atoms with E-state index in [1.165, 1.54) is 0 Å². The van der Waals surface area contributed by atoms with E-state index in [4.69, 9.17) is 18.0 Å². The number of aromatic hydroxyl groups is 1. The van der Waals surface area contributed by atoms with Crippen LogP contribution in [0.5, 0.6) is 5.75 Å². The summed E-state index contributed by atoms with van der Waals surface area (Å²) >= 11 is 6.06. The second-order valence-corrected chi connectivity index (χ2v) is 4.18. The van der Waals surface area contributed by atoms with E-state index in [0.717, 1.165) is 17.5 Å². The third-order valence-corrected chi connectivity index (χ3v) is 3.01. The van der Waals surface area contributed by atoms with Crippen LogP contribution >= 0.6 is 11.6 Å². The molecule has 1 aromatic carbocycles. The first-order chi connectivity index (χ1) is 6.63. The molecule has 0 spiro atoms. The van der Waals surface area contributed by atoms with Gasteiger partial charge in [0.15, 0.2) is 0 Å². The van der Waals surface area contributed by atoms with Crippen LogP contribution in [0.1, 0.15) is 23.5 Å². The zero-order valence-electron chi connectivity index (χ0n) is 7.92. The minimum Gasteiger partial charge on any atom is -0.508 e. The number of phenolic OH excluding ortho intramolecular Hbond substituents is 1. The first-order valence-corrected chi connectivity index (χ1v) is 4.96. The first kappa shape index (κ1) is 9.43. The largest absolute Gasteiger partial charge is 0.508 e. The number of terminal acetylenes is 1. The van der Waals surface area contributed by atoms with Crippen LogP contribution in [-0.2, 0) is 0 Å². The minimum atomic E-state index is 0.217. The molecule has 1 saturated carbocycles. The normalized spacial score (nSPS) is 24.4. The summed E-state index contributed by atoms with van der Waals surface area (Å²) in [5.41, 5.74) is 2.13. The van der Waals surface area contributed by atoms with Crippen LogP contribution in [0.25, 0.3) is 0 Å². The number of aryl methyl sites for hydroxylation is 1. The van der Waals surface area contributed by atoms with Gasteiger partial charge in [-0.25, -0.2) is 0 Å². The lowest BCUT2D eigenvalue weighted by Gasteiger charge is -2.07. The highest BCUT2D eigenvalue weighted by Crippen LogP contribution is 2.50. The Kier molecular flexibility index (Phi) is 2.17.